The zero-order valence-corrected chi connectivity index (χ0v) is 13.2. The van der Waals surface area contributed by atoms with E-state index in [0.717, 1.165) is 32.8 Å². The van der Waals surface area contributed by atoms with E-state index in [1.54, 1.807) is 10.9 Å². The van der Waals surface area contributed by atoms with Crippen molar-refractivity contribution in [2.75, 3.05) is 11.9 Å². The molecule has 0 unspecified atom stereocenters. The van der Waals surface area contributed by atoms with Gasteiger partial charge < -0.3 is 5.32 Å². The first kappa shape index (κ1) is 14.0. The van der Waals surface area contributed by atoms with Gasteiger partial charge in [0.1, 0.15) is 5.82 Å². The first-order valence-electron chi connectivity index (χ1n) is 6.53. The summed E-state index contributed by atoms with van der Waals surface area (Å²) < 4.78 is 2.48. The van der Waals surface area contributed by atoms with Crippen molar-refractivity contribution >= 4 is 28.8 Å². The first-order chi connectivity index (χ1) is 10.2. The summed E-state index contributed by atoms with van der Waals surface area (Å²) in [5.74, 6) is 1.47. The molecular formula is C14H14ClN5S. The van der Waals surface area contributed by atoms with Crippen molar-refractivity contribution in [1.29, 1.82) is 0 Å². The number of nitrogens with zero attached hydrogens (tertiary/aromatic N) is 4. The molecule has 0 aliphatic carbocycles. The Kier molecular flexibility index (Phi) is 3.90. The molecule has 21 heavy (non-hydrogen) atoms. The van der Waals surface area contributed by atoms with E-state index in [1.807, 2.05) is 38.4 Å². The van der Waals surface area contributed by atoms with Crippen molar-refractivity contribution in [2.45, 2.75) is 6.92 Å². The lowest BCUT2D eigenvalue weighted by Gasteiger charge is -2.07. The van der Waals surface area contributed by atoms with Gasteiger partial charge in [-0.3, -0.25) is 4.68 Å². The minimum atomic E-state index is 0.671. The third-order valence-electron chi connectivity index (χ3n) is 2.88. The SMILES string of the molecule is CCNc1cc(-c2cnn(C)c2)nc(-c2ccc(Cl)s2)n1. The van der Waals surface area contributed by atoms with Gasteiger partial charge in [-0.25, -0.2) is 9.97 Å². The number of aryl methyl sites for hydroxylation is 1. The number of aromatic nitrogens is 4. The van der Waals surface area contributed by atoms with Crippen molar-refractivity contribution in [3.8, 4) is 22.0 Å². The molecule has 0 bridgehead atoms. The van der Waals surface area contributed by atoms with Crippen molar-refractivity contribution < 1.29 is 0 Å². The Bertz CT molecular complexity index is 706. The number of hydrogen-bond donors (Lipinski definition) is 1. The van der Waals surface area contributed by atoms with Crippen molar-refractivity contribution in [2.24, 2.45) is 7.05 Å². The molecule has 3 aromatic rings. The van der Waals surface area contributed by atoms with E-state index in [-0.39, 0.29) is 0 Å². The molecule has 0 saturated heterocycles. The van der Waals surface area contributed by atoms with Crippen LogP contribution >= 0.6 is 22.9 Å². The fourth-order valence-corrected chi connectivity index (χ4v) is 2.94. The molecule has 0 radical (unpaired) electrons. The van der Waals surface area contributed by atoms with E-state index in [4.69, 9.17) is 11.6 Å². The molecule has 0 aromatic carbocycles. The maximum atomic E-state index is 6.01. The van der Waals surface area contributed by atoms with Crippen LogP contribution in [0.1, 0.15) is 6.92 Å². The largest absolute Gasteiger partial charge is 0.370 e. The van der Waals surface area contributed by atoms with Crippen LogP contribution in [-0.2, 0) is 7.05 Å². The summed E-state index contributed by atoms with van der Waals surface area (Å²) in [6, 6.07) is 5.72. The Balaban J connectivity index is 2.09. The Hall–Kier alpha value is -1.92. The highest BCUT2D eigenvalue weighted by Gasteiger charge is 2.11. The average Bonchev–Trinajstić information content (AvgIpc) is 3.08. The van der Waals surface area contributed by atoms with Crippen LogP contribution < -0.4 is 5.32 Å². The quantitative estimate of drug-likeness (QED) is 0.796. The molecular weight excluding hydrogens is 306 g/mol. The number of thiophene rings is 1. The number of anilines is 1. The zero-order valence-electron chi connectivity index (χ0n) is 11.7. The summed E-state index contributed by atoms with van der Waals surface area (Å²) in [5.41, 5.74) is 1.80. The maximum Gasteiger partial charge on any atom is 0.172 e. The normalized spacial score (nSPS) is 10.8. The summed E-state index contributed by atoms with van der Waals surface area (Å²) in [6.07, 6.45) is 3.73. The minimum absolute atomic E-state index is 0.671. The van der Waals surface area contributed by atoms with Gasteiger partial charge in [-0.1, -0.05) is 11.6 Å². The molecule has 0 aliphatic rings. The van der Waals surface area contributed by atoms with Gasteiger partial charge in [0.25, 0.3) is 0 Å². The van der Waals surface area contributed by atoms with Crippen LogP contribution in [-0.4, -0.2) is 26.3 Å². The predicted octanol–water partition coefficient (Wildman–Crippen LogP) is 3.69. The molecule has 0 spiro atoms. The second kappa shape index (κ2) is 5.83. The van der Waals surface area contributed by atoms with Crippen molar-refractivity contribution in [1.82, 2.24) is 19.7 Å². The number of nitrogens with one attached hydrogen (secondary N) is 1. The van der Waals surface area contributed by atoms with Gasteiger partial charge in [-0.2, -0.15) is 5.10 Å². The molecule has 3 rings (SSSR count). The Morgan fingerprint density at radius 3 is 2.81 bits per heavy atom. The molecule has 0 fully saturated rings. The maximum absolute atomic E-state index is 6.01. The highest BCUT2D eigenvalue weighted by Crippen LogP contribution is 2.31. The smallest absolute Gasteiger partial charge is 0.172 e. The Labute approximate surface area is 131 Å². The van der Waals surface area contributed by atoms with Gasteiger partial charge in [-0.05, 0) is 19.1 Å². The van der Waals surface area contributed by atoms with Gasteiger partial charge >= 0.3 is 0 Å². The van der Waals surface area contributed by atoms with Crippen LogP contribution in [0.15, 0.2) is 30.6 Å². The number of rotatable bonds is 4. The van der Waals surface area contributed by atoms with Gasteiger partial charge in [0.05, 0.1) is 21.1 Å². The van der Waals surface area contributed by atoms with E-state index in [2.05, 4.69) is 20.4 Å². The first-order valence-corrected chi connectivity index (χ1v) is 7.73. The van der Waals surface area contributed by atoms with Crippen LogP contribution in [0.5, 0.6) is 0 Å². The van der Waals surface area contributed by atoms with E-state index < -0.39 is 0 Å². The molecule has 0 saturated carbocycles. The zero-order chi connectivity index (χ0) is 14.8. The average molecular weight is 320 g/mol. The van der Waals surface area contributed by atoms with Crippen LogP contribution in [0.2, 0.25) is 4.34 Å². The second-order valence-corrected chi connectivity index (χ2v) is 6.21. The van der Waals surface area contributed by atoms with Crippen molar-refractivity contribution in [3.63, 3.8) is 0 Å². The third-order valence-corrected chi connectivity index (χ3v) is 4.11. The standard InChI is InChI=1S/C14H14ClN5S/c1-3-16-13-6-10(9-7-17-20(2)8-9)18-14(19-13)11-4-5-12(15)21-11/h4-8H,3H2,1-2H3,(H,16,18,19). The summed E-state index contributed by atoms with van der Waals surface area (Å²) in [7, 11) is 1.88. The minimum Gasteiger partial charge on any atom is -0.370 e. The van der Waals surface area contributed by atoms with E-state index in [0.29, 0.717) is 5.82 Å². The highest BCUT2D eigenvalue weighted by atomic mass is 35.5. The summed E-state index contributed by atoms with van der Waals surface area (Å²) in [5, 5.41) is 7.43. The Morgan fingerprint density at radius 1 is 1.33 bits per heavy atom. The molecule has 3 heterocycles. The molecule has 0 aliphatic heterocycles. The number of hydrogen-bond acceptors (Lipinski definition) is 5. The highest BCUT2D eigenvalue weighted by molar-refractivity contribution is 7.19. The van der Waals surface area contributed by atoms with E-state index in [1.165, 1.54) is 11.3 Å². The summed E-state index contributed by atoms with van der Waals surface area (Å²) in [4.78, 5) is 10.1. The van der Waals surface area contributed by atoms with E-state index >= 15 is 0 Å². The van der Waals surface area contributed by atoms with E-state index in [9.17, 15) is 0 Å². The van der Waals surface area contributed by atoms with Crippen LogP contribution in [0.3, 0.4) is 0 Å². The third kappa shape index (κ3) is 3.06. The Morgan fingerprint density at radius 2 is 2.19 bits per heavy atom. The molecule has 0 amide bonds. The molecule has 7 heteroatoms. The monoisotopic (exact) mass is 319 g/mol. The van der Waals surface area contributed by atoms with Crippen LogP contribution in [0.25, 0.3) is 22.0 Å². The molecule has 1 N–H and O–H groups in total. The van der Waals surface area contributed by atoms with Crippen LogP contribution in [0.4, 0.5) is 5.82 Å². The predicted molar refractivity (Wildman–Crippen MR) is 86.7 cm³/mol. The molecule has 0 atom stereocenters. The fraction of sp³-hybridized carbons (Fsp3) is 0.214. The number of halogens is 1. The summed E-state index contributed by atoms with van der Waals surface area (Å²) >= 11 is 7.47. The fourth-order valence-electron chi connectivity index (χ4n) is 1.96. The lowest BCUT2D eigenvalue weighted by molar-refractivity contribution is 0.768. The van der Waals surface area contributed by atoms with Gasteiger partial charge in [0.2, 0.25) is 0 Å². The van der Waals surface area contributed by atoms with Crippen LogP contribution in [0, 0.1) is 0 Å². The molecule has 5 nitrogen and oxygen atoms in total. The second-order valence-electron chi connectivity index (χ2n) is 4.50. The van der Waals surface area contributed by atoms with Gasteiger partial charge in [0.15, 0.2) is 5.82 Å². The molecule has 3 aromatic heterocycles. The lowest BCUT2D eigenvalue weighted by Crippen LogP contribution is -2.02. The lowest BCUT2D eigenvalue weighted by atomic mass is 10.2. The topological polar surface area (TPSA) is 55.6 Å². The van der Waals surface area contributed by atoms with Gasteiger partial charge in [0, 0.05) is 31.4 Å². The summed E-state index contributed by atoms with van der Waals surface area (Å²) in [6.45, 7) is 2.83. The molecule has 108 valence electrons. The van der Waals surface area contributed by atoms with Gasteiger partial charge in [-0.15, -0.1) is 11.3 Å². The van der Waals surface area contributed by atoms with Crippen molar-refractivity contribution in [3.05, 3.63) is 34.9 Å².